The van der Waals surface area contributed by atoms with Gasteiger partial charge in [0.15, 0.2) is 5.65 Å². The van der Waals surface area contributed by atoms with Gasteiger partial charge in [0.25, 0.3) is 0 Å². The topological polar surface area (TPSA) is 59.2 Å². The number of anilines is 1. The zero-order chi connectivity index (χ0) is 17.4. The average molecular weight is 334 g/mol. The minimum absolute atomic E-state index is 0.594. The molecule has 6 heteroatoms. The van der Waals surface area contributed by atoms with E-state index in [9.17, 15) is 0 Å². The Hall–Kier alpha value is -2.76. The van der Waals surface area contributed by atoms with Gasteiger partial charge in [-0.1, -0.05) is 6.08 Å². The molecule has 128 valence electrons. The average Bonchev–Trinajstić information content (AvgIpc) is 3.09. The number of hydrogen-bond donors (Lipinski definition) is 0. The quantitative estimate of drug-likeness (QED) is 0.688. The van der Waals surface area contributed by atoms with E-state index >= 15 is 0 Å². The molecule has 3 aromatic rings. The van der Waals surface area contributed by atoms with E-state index in [1.807, 2.05) is 30.6 Å². The monoisotopic (exact) mass is 334 g/mol. The zero-order valence-corrected chi connectivity index (χ0v) is 14.7. The van der Waals surface area contributed by atoms with Crippen LogP contribution in [0.2, 0.25) is 0 Å². The lowest BCUT2D eigenvalue weighted by atomic mass is 9.96. The Balaban J connectivity index is 1.92. The summed E-state index contributed by atoms with van der Waals surface area (Å²) in [7, 11) is 0. The number of aromatic nitrogens is 5. The van der Waals surface area contributed by atoms with Gasteiger partial charge in [0.05, 0.1) is 23.1 Å². The Labute approximate surface area is 147 Å². The molecule has 4 heterocycles. The minimum atomic E-state index is 0.594. The highest BCUT2D eigenvalue weighted by atomic mass is 15.3. The van der Waals surface area contributed by atoms with Crippen LogP contribution in [-0.4, -0.2) is 37.7 Å². The van der Waals surface area contributed by atoms with E-state index in [1.54, 1.807) is 12.5 Å². The van der Waals surface area contributed by atoms with E-state index in [1.165, 1.54) is 0 Å². The first-order chi connectivity index (χ1) is 12.2. The highest BCUT2D eigenvalue weighted by Crippen LogP contribution is 2.35. The molecule has 1 aliphatic heterocycles. The van der Waals surface area contributed by atoms with Crippen molar-refractivity contribution in [2.75, 3.05) is 18.0 Å². The molecular weight excluding hydrogens is 312 g/mol. The molecule has 0 aromatic carbocycles. The third-order valence-electron chi connectivity index (χ3n) is 5.00. The minimum Gasteiger partial charge on any atom is -0.356 e. The standard InChI is InChI=1S/C19H22N6/c1-4-15-6-9-24(10-7-15)19-17(18-13(2)11-20-12-21-18)14(3)23-16-5-8-22-25(16)19/h4-5,8,11-12,15H,1,6-7,9-10H2,2-3H3. The summed E-state index contributed by atoms with van der Waals surface area (Å²) in [4.78, 5) is 15.8. The molecule has 0 radical (unpaired) electrons. The van der Waals surface area contributed by atoms with Crippen molar-refractivity contribution in [1.29, 1.82) is 0 Å². The van der Waals surface area contributed by atoms with Crippen LogP contribution in [0, 0.1) is 19.8 Å². The van der Waals surface area contributed by atoms with E-state index in [2.05, 4.69) is 32.6 Å². The van der Waals surface area contributed by atoms with Crippen LogP contribution in [0.5, 0.6) is 0 Å². The highest BCUT2D eigenvalue weighted by Gasteiger charge is 2.25. The van der Waals surface area contributed by atoms with Crippen molar-refractivity contribution in [3.8, 4) is 11.3 Å². The molecule has 0 N–H and O–H groups in total. The molecule has 0 unspecified atom stereocenters. The SMILES string of the molecule is C=CC1CCN(c2c(-c3ncncc3C)c(C)nc3ccnn23)CC1. The number of fused-ring (bicyclic) bond motifs is 1. The lowest BCUT2D eigenvalue weighted by Gasteiger charge is -2.34. The number of aryl methyl sites for hydroxylation is 2. The van der Waals surface area contributed by atoms with Gasteiger partial charge in [-0.15, -0.1) is 6.58 Å². The Morgan fingerprint density at radius 1 is 1.24 bits per heavy atom. The molecule has 1 fully saturated rings. The van der Waals surface area contributed by atoms with Crippen molar-refractivity contribution in [2.24, 2.45) is 5.92 Å². The molecule has 4 rings (SSSR count). The third kappa shape index (κ3) is 2.67. The molecule has 0 aliphatic carbocycles. The molecule has 0 spiro atoms. The summed E-state index contributed by atoms with van der Waals surface area (Å²) in [5.74, 6) is 1.67. The van der Waals surface area contributed by atoms with Crippen molar-refractivity contribution in [3.05, 3.63) is 48.7 Å². The second kappa shape index (κ2) is 6.27. The van der Waals surface area contributed by atoms with Gasteiger partial charge in [-0.3, -0.25) is 0 Å². The van der Waals surface area contributed by atoms with Crippen LogP contribution >= 0.6 is 0 Å². The van der Waals surface area contributed by atoms with Crippen LogP contribution < -0.4 is 4.90 Å². The Kier molecular flexibility index (Phi) is 3.95. The number of allylic oxidation sites excluding steroid dienone is 1. The molecule has 0 amide bonds. The molecule has 0 saturated carbocycles. The molecule has 0 bridgehead atoms. The van der Waals surface area contributed by atoms with Crippen LogP contribution in [0.25, 0.3) is 16.9 Å². The van der Waals surface area contributed by atoms with E-state index < -0.39 is 0 Å². The Morgan fingerprint density at radius 3 is 2.76 bits per heavy atom. The van der Waals surface area contributed by atoms with Gasteiger partial charge in [-0.25, -0.2) is 15.0 Å². The van der Waals surface area contributed by atoms with Gasteiger partial charge in [0.1, 0.15) is 12.1 Å². The fourth-order valence-electron chi connectivity index (χ4n) is 3.62. The Bertz CT molecular complexity index is 921. The maximum atomic E-state index is 4.74. The molecule has 1 aliphatic rings. The summed E-state index contributed by atoms with van der Waals surface area (Å²) < 4.78 is 1.94. The number of hydrogen-bond acceptors (Lipinski definition) is 5. The van der Waals surface area contributed by atoms with Gasteiger partial charge >= 0.3 is 0 Å². The summed E-state index contributed by atoms with van der Waals surface area (Å²) in [6.07, 6.45) is 9.55. The summed E-state index contributed by atoms with van der Waals surface area (Å²) in [5, 5.41) is 4.54. The van der Waals surface area contributed by atoms with Crippen molar-refractivity contribution in [3.63, 3.8) is 0 Å². The Morgan fingerprint density at radius 2 is 2.04 bits per heavy atom. The van der Waals surface area contributed by atoms with Crippen molar-refractivity contribution in [2.45, 2.75) is 26.7 Å². The summed E-state index contributed by atoms with van der Waals surface area (Å²) in [5.41, 5.74) is 4.86. The first kappa shape index (κ1) is 15.7. The first-order valence-electron chi connectivity index (χ1n) is 8.68. The van der Waals surface area contributed by atoms with Crippen LogP contribution in [0.15, 0.2) is 37.4 Å². The van der Waals surface area contributed by atoms with E-state index in [-0.39, 0.29) is 0 Å². The van der Waals surface area contributed by atoms with Gasteiger partial charge in [-0.2, -0.15) is 9.61 Å². The van der Waals surface area contributed by atoms with Crippen molar-refractivity contribution >= 4 is 11.5 Å². The van der Waals surface area contributed by atoms with Crippen LogP contribution in [0.1, 0.15) is 24.1 Å². The summed E-state index contributed by atoms with van der Waals surface area (Å²) >= 11 is 0. The molecule has 0 atom stereocenters. The van der Waals surface area contributed by atoms with Crippen molar-refractivity contribution in [1.82, 2.24) is 24.6 Å². The summed E-state index contributed by atoms with van der Waals surface area (Å²) in [6, 6.07) is 1.95. The fraction of sp³-hybridized carbons (Fsp3) is 0.368. The number of nitrogens with zero attached hydrogens (tertiary/aromatic N) is 6. The second-order valence-electron chi connectivity index (χ2n) is 6.61. The fourth-order valence-corrected chi connectivity index (χ4v) is 3.62. The predicted octanol–water partition coefficient (Wildman–Crippen LogP) is 3.21. The van der Waals surface area contributed by atoms with E-state index in [0.29, 0.717) is 5.92 Å². The largest absolute Gasteiger partial charge is 0.356 e. The van der Waals surface area contributed by atoms with Gasteiger partial charge < -0.3 is 4.90 Å². The van der Waals surface area contributed by atoms with E-state index in [4.69, 9.17) is 4.98 Å². The number of piperidine rings is 1. The van der Waals surface area contributed by atoms with Gasteiger partial charge in [0, 0.05) is 25.4 Å². The lowest BCUT2D eigenvalue weighted by molar-refractivity contribution is 0.475. The second-order valence-corrected chi connectivity index (χ2v) is 6.61. The molecular formula is C19H22N6. The van der Waals surface area contributed by atoms with Gasteiger partial charge in [0.2, 0.25) is 0 Å². The maximum absolute atomic E-state index is 4.74. The van der Waals surface area contributed by atoms with Gasteiger partial charge in [-0.05, 0) is 38.2 Å². The predicted molar refractivity (Wildman–Crippen MR) is 98.6 cm³/mol. The smallest absolute Gasteiger partial charge is 0.157 e. The molecule has 1 saturated heterocycles. The normalized spacial score (nSPS) is 15.7. The zero-order valence-electron chi connectivity index (χ0n) is 14.7. The van der Waals surface area contributed by atoms with E-state index in [0.717, 1.165) is 59.9 Å². The summed E-state index contributed by atoms with van der Waals surface area (Å²) in [6.45, 7) is 9.99. The maximum Gasteiger partial charge on any atom is 0.157 e. The third-order valence-corrected chi connectivity index (χ3v) is 5.00. The molecule has 25 heavy (non-hydrogen) atoms. The van der Waals surface area contributed by atoms with Crippen LogP contribution in [0.4, 0.5) is 5.82 Å². The first-order valence-corrected chi connectivity index (χ1v) is 8.68. The lowest BCUT2D eigenvalue weighted by Crippen LogP contribution is -2.35. The highest BCUT2D eigenvalue weighted by molar-refractivity contribution is 5.79. The number of rotatable bonds is 3. The van der Waals surface area contributed by atoms with Crippen LogP contribution in [0.3, 0.4) is 0 Å². The molecule has 3 aromatic heterocycles. The van der Waals surface area contributed by atoms with Crippen LogP contribution in [-0.2, 0) is 0 Å². The molecule has 6 nitrogen and oxygen atoms in total. The van der Waals surface area contributed by atoms with Crippen molar-refractivity contribution < 1.29 is 0 Å².